The standard InChI is InChI=1S/C19H21N3O3/c1-13-6-3-7-15(12-13)18-10-5-11-21(18)19(23)20-16-8-4-9-17(14(16)2)22(24)25/h3-4,6-9,12,18H,5,10-11H2,1-2H3,(H,20,23)/t18-/m0/s1. The van der Waals surface area contributed by atoms with Crippen LogP contribution < -0.4 is 5.32 Å². The fourth-order valence-corrected chi connectivity index (χ4v) is 3.38. The number of rotatable bonds is 3. The molecule has 25 heavy (non-hydrogen) atoms. The van der Waals surface area contributed by atoms with Gasteiger partial charge in [0.2, 0.25) is 0 Å². The van der Waals surface area contributed by atoms with Crippen molar-refractivity contribution in [2.45, 2.75) is 32.7 Å². The van der Waals surface area contributed by atoms with Gasteiger partial charge in [-0.05, 0) is 38.3 Å². The van der Waals surface area contributed by atoms with Crippen molar-refractivity contribution in [3.8, 4) is 0 Å². The Kier molecular flexibility index (Phi) is 4.70. The Morgan fingerprint density at radius 3 is 2.72 bits per heavy atom. The largest absolute Gasteiger partial charge is 0.322 e. The van der Waals surface area contributed by atoms with Crippen LogP contribution in [-0.2, 0) is 0 Å². The van der Waals surface area contributed by atoms with Gasteiger partial charge >= 0.3 is 6.03 Å². The second-order valence-electron chi connectivity index (χ2n) is 6.40. The lowest BCUT2D eigenvalue weighted by Gasteiger charge is -2.26. The highest BCUT2D eigenvalue weighted by Crippen LogP contribution is 2.33. The Hall–Kier alpha value is -2.89. The van der Waals surface area contributed by atoms with Gasteiger partial charge in [0.05, 0.1) is 22.2 Å². The molecule has 2 aromatic carbocycles. The monoisotopic (exact) mass is 339 g/mol. The molecule has 3 rings (SSSR count). The van der Waals surface area contributed by atoms with Gasteiger partial charge in [-0.15, -0.1) is 0 Å². The first-order valence-electron chi connectivity index (χ1n) is 8.35. The van der Waals surface area contributed by atoms with Crippen molar-refractivity contribution < 1.29 is 9.72 Å². The molecule has 0 radical (unpaired) electrons. The molecule has 2 aromatic rings. The fraction of sp³-hybridized carbons (Fsp3) is 0.316. The molecule has 1 N–H and O–H groups in total. The number of benzene rings is 2. The normalized spacial score (nSPS) is 16.7. The summed E-state index contributed by atoms with van der Waals surface area (Å²) in [6, 6.07) is 12.7. The number of carbonyl (C=O) groups excluding carboxylic acids is 1. The summed E-state index contributed by atoms with van der Waals surface area (Å²) in [5, 5.41) is 13.9. The molecular weight excluding hydrogens is 318 g/mol. The minimum absolute atomic E-state index is 0.00876. The van der Waals surface area contributed by atoms with Crippen molar-refractivity contribution >= 4 is 17.4 Å². The van der Waals surface area contributed by atoms with E-state index in [2.05, 4.69) is 11.4 Å². The van der Waals surface area contributed by atoms with Gasteiger partial charge in [0.25, 0.3) is 5.69 Å². The summed E-state index contributed by atoms with van der Waals surface area (Å²) in [7, 11) is 0. The SMILES string of the molecule is Cc1cccc([C@@H]2CCCN2C(=O)Nc2cccc([N+](=O)[O-])c2C)c1. The van der Waals surface area contributed by atoms with Crippen LogP contribution in [0, 0.1) is 24.0 Å². The Balaban J connectivity index is 1.81. The van der Waals surface area contributed by atoms with Crippen molar-refractivity contribution in [1.29, 1.82) is 0 Å². The first kappa shape index (κ1) is 17.0. The van der Waals surface area contributed by atoms with Gasteiger partial charge in [-0.2, -0.15) is 0 Å². The second-order valence-corrected chi connectivity index (χ2v) is 6.40. The molecule has 130 valence electrons. The van der Waals surface area contributed by atoms with Gasteiger partial charge in [0.15, 0.2) is 0 Å². The van der Waals surface area contributed by atoms with Gasteiger partial charge < -0.3 is 10.2 Å². The van der Waals surface area contributed by atoms with Crippen molar-refractivity contribution in [2.75, 3.05) is 11.9 Å². The first-order valence-corrected chi connectivity index (χ1v) is 8.35. The van der Waals surface area contributed by atoms with Crippen molar-refractivity contribution in [1.82, 2.24) is 4.90 Å². The van der Waals surface area contributed by atoms with E-state index in [9.17, 15) is 14.9 Å². The molecule has 0 saturated carbocycles. The van der Waals surface area contributed by atoms with Gasteiger partial charge in [0, 0.05) is 12.6 Å². The van der Waals surface area contributed by atoms with Crippen LogP contribution in [0.1, 0.15) is 35.6 Å². The van der Waals surface area contributed by atoms with E-state index in [0.717, 1.165) is 18.4 Å². The minimum Gasteiger partial charge on any atom is -0.317 e. The van der Waals surface area contributed by atoms with Crippen LogP contribution in [-0.4, -0.2) is 22.4 Å². The number of anilines is 1. The lowest BCUT2D eigenvalue weighted by atomic mass is 10.0. The van der Waals surface area contributed by atoms with Crippen molar-refractivity contribution in [3.63, 3.8) is 0 Å². The molecule has 0 aliphatic carbocycles. The smallest absolute Gasteiger partial charge is 0.317 e. The van der Waals surface area contributed by atoms with Crippen LogP contribution in [0.5, 0.6) is 0 Å². The Morgan fingerprint density at radius 2 is 2.00 bits per heavy atom. The number of nitrogens with zero attached hydrogens (tertiary/aromatic N) is 2. The first-order chi connectivity index (χ1) is 12.0. The summed E-state index contributed by atoms with van der Waals surface area (Å²) in [6.45, 7) is 4.36. The molecule has 1 atom stereocenters. The average molecular weight is 339 g/mol. The number of amides is 2. The average Bonchev–Trinajstić information content (AvgIpc) is 3.06. The van der Waals surface area contributed by atoms with E-state index in [1.807, 2.05) is 30.0 Å². The third kappa shape index (κ3) is 3.47. The van der Waals surface area contributed by atoms with Crippen LogP contribution in [0.4, 0.5) is 16.2 Å². The molecule has 6 nitrogen and oxygen atoms in total. The summed E-state index contributed by atoms with van der Waals surface area (Å²) in [4.78, 5) is 25.2. The lowest BCUT2D eigenvalue weighted by Crippen LogP contribution is -2.34. The van der Waals surface area contributed by atoms with Gasteiger partial charge in [-0.25, -0.2) is 4.79 Å². The van der Waals surface area contributed by atoms with E-state index in [0.29, 0.717) is 17.8 Å². The van der Waals surface area contributed by atoms with E-state index in [-0.39, 0.29) is 17.8 Å². The second kappa shape index (κ2) is 6.93. The lowest BCUT2D eigenvalue weighted by molar-refractivity contribution is -0.385. The zero-order valence-electron chi connectivity index (χ0n) is 14.4. The molecule has 0 spiro atoms. The maximum Gasteiger partial charge on any atom is 0.322 e. The number of nitro groups is 1. The zero-order chi connectivity index (χ0) is 18.0. The minimum atomic E-state index is -0.434. The maximum atomic E-state index is 12.8. The van der Waals surface area contributed by atoms with E-state index in [1.165, 1.54) is 11.6 Å². The number of nitro benzene ring substituents is 1. The number of aryl methyl sites for hydroxylation is 1. The molecule has 1 fully saturated rings. The Bertz CT molecular complexity index is 819. The van der Waals surface area contributed by atoms with Crippen molar-refractivity contribution in [2.24, 2.45) is 0 Å². The summed E-state index contributed by atoms with van der Waals surface area (Å²) >= 11 is 0. The predicted molar refractivity (Wildman–Crippen MR) is 96.7 cm³/mol. The molecule has 1 aliphatic heterocycles. The maximum absolute atomic E-state index is 12.8. The van der Waals surface area contributed by atoms with Crippen LogP contribution >= 0.6 is 0 Å². The number of urea groups is 1. The molecular formula is C19H21N3O3. The van der Waals surface area contributed by atoms with Crippen LogP contribution in [0.25, 0.3) is 0 Å². The van der Waals surface area contributed by atoms with Crippen LogP contribution in [0.15, 0.2) is 42.5 Å². The Labute approximate surface area is 146 Å². The fourth-order valence-electron chi connectivity index (χ4n) is 3.38. The summed E-state index contributed by atoms with van der Waals surface area (Å²) in [6.07, 6.45) is 1.87. The zero-order valence-corrected chi connectivity index (χ0v) is 14.4. The van der Waals surface area contributed by atoms with E-state index in [1.54, 1.807) is 19.1 Å². The number of likely N-dealkylation sites (tertiary alicyclic amines) is 1. The quantitative estimate of drug-likeness (QED) is 0.657. The van der Waals surface area contributed by atoms with E-state index in [4.69, 9.17) is 0 Å². The summed E-state index contributed by atoms with van der Waals surface area (Å²) < 4.78 is 0. The van der Waals surface area contributed by atoms with Crippen LogP contribution in [0.3, 0.4) is 0 Å². The molecule has 1 saturated heterocycles. The molecule has 0 unspecified atom stereocenters. The third-order valence-electron chi connectivity index (χ3n) is 4.68. The number of hydrogen-bond donors (Lipinski definition) is 1. The number of carbonyl (C=O) groups is 1. The van der Waals surface area contributed by atoms with E-state index < -0.39 is 4.92 Å². The van der Waals surface area contributed by atoms with Gasteiger partial charge in [-0.3, -0.25) is 10.1 Å². The predicted octanol–water partition coefficient (Wildman–Crippen LogP) is 4.58. The van der Waals surface area contributed by atoms with Crippen LogP contribution in [0.2, 0.25) is 0 Å². The molecule has 0 aromatic heterocycles. The van der Waals surface area contributed by atoms with Gasteiger partial charge in [-0.1, -0.05) is 35.9 Å². The van der Waals surface area contributed by atoms with E-state index >= 15 is 0 Å². The highest BCUT2D eigenvalue weighted by Gasteiger charge is 2.30. The molecule has 1 heterocycles. The third-order valence-corrected chi connectivity index (χ3v) is 4.68. The Morgan fingerprint density at radius 1 is 1.24 bits per heavy atom. The highest BCUT2D eigenvalue weighted by atomic mass is 16.6. The molecule has 0 bridgehead atoms. The molecule has 2 amide bonds. The summed E-state index contributed by atoms with van der Waals surface area (Å²) in [5.74, 6) is 0. The number of nitrogens with one attached hydrogen (secondary N) is 1. The summed E-state index contributed by atoms with van der Waals surface area (Å²) in [5.41, 5.74) is 3.25. The van der Waals surface area contributed by atoms with Gasteiger partial charge in [0.1, 0.15) is 0 Å². The highest BCUT2D eigenvalue weighted by molar-refractivity contribution is 5.91. The number of hydrogen-bond acceptors (Lipinski definition) is 3. The molecule has 6 heteroatoms. The van der Waals surface area contributed by atoms with Crippen molar-refractivity contribution in [3.05, 3.63) is 69.3 Å². The topological polar surface area (TPSA) is 75.5 Å². The molecule has 1 aliphatic rings.